The van der Waals surface area contributed by atoms with Crippen LogP contribution < -0.4 is 24.4 Å². The van der Waals surface area contributed by atoms with E-state index in [1.807, 2.05) is 6.92 Å². The van der Waals surface area contributed by atoms with E-state index in [-0.39, 0.29) is 18.3 Å². The van der Waals surface area contributed by atoms with Crippen molar-refractivity contribution in [1.82, 2.24) is 4.57 Å². The van der Waals surface area contributed by atoms with Gasteiger partial charge in [-0.15, -0.1) is 6.42 Å². The van der Waals surface area contributed by atoms with Gasteiger partial charge in [0.25, 0.3) is 5.56 Å². The second-order valence-corrected chi connectivity index (χ2v) is 10.7. The summed E-state index contributed by atoms with van der Waals surface area (Å²) in [6, 6.07) is 9.66. The van der Waals surface area contributed by atoms with Gasteiger partial charge in [-0.05, 0) is 69.2 Å². The Bertz CT molecular complexity index is 1660. The second kappa shape index (κ2) is 12.1. The van der Waals surface area contributed by atoms with Gasteiger partial charge in [0.15, 0.2) is 16.3 Å². The number of hydrogen-bond donors (Lipinski definition) is 0. The molecule has 0 bridgehead atoms. The number of ether oxygens (including phenoxy) is 3. The van der Waals surface area contributed by atoms with E-state index in [2.05, 4.69) is 10.9 Å². The standard InChI is InChI=1S/C29H26Cl2N2O5S/c1-6-12-37-26-21(31)13-18(14-22(26)36-7-2)15-23-27(34)33-25(19-8-10-20(30)11-9-19)24(28(35)38-16(3)4)17(5)32-29(33)39-23/h1,8-11,13-16,25H,7,12H2,2-5H3/b23-15-/t25-/m1/s1. The van der Waals surface area contributed by atoms with Crippen LogP contribution in [0, 0.1) is 12.3 Å². The molecule has 1 aliphatic rings. The maximum absolute atomic E-state index is 13.8. The lowest BCUT2D eigenvalue weighted by atomic mass is 9.96. The van der Waals surface area contributed by atoms with Gasteiger partial charge in [-0.3, -0.25) is 9.36 Å². The average molecular weight is 586 g/mol. The van der Waals surface area contributed by atoms with E-state index >= 15 is 0 Å². The number of carbonyl (C=O) groups is 1. The zero-order valence-electron chi connectivity index (χ0n) is 21.8. The summed E-state index contributed by atoms with van der Waals surface area (Å²) in [5, 5.41) is 0.832. The SMILES string of the molecule is C#CCOc1c(Cl)cc(/C=c2\sc3n(c2=O)[C@H](c2ccc(Cl)cc2)C(C(=O)OC(C)C)=C(C)N=3)cc1OCC. The number of esters is 1. The molecule has 10 heteroatoms. The highest BCUT2D eigenvalue weighted by molar-refractivity contribution is 7.07. The maximum atomic E-state index is 13.8. The number of fused-ring (bicyclic) bond motifs is 1. The summed E-state index contributed by atoms with van der Waals surface area (Å²) in [5.41, 5.74) is 1.78. The third-order valence-corrected chi connectivity index (χ3v) is 7.22. The number of hydrogen-bond acceptors (Lipinski definition) is 7. The third-order valence-electron chi connectivity index (χ3n) is 5.70. The highest BCUT2D eigenvalue weighted by Crippen LogP contribution is 2.37. The van der Waals surface area contributed by atoms with Crippen LogP contribution in [0.5, 0.6) is 11.5 Å². The van der Waals surface area contributed by atoms with Crippen LogP contribution in [0.4, 0.5) is 0 Å². The van der Waals surface area contributed by atoms with Crippen molar-refractivity contribution in [1.29, 1.82) is 0 Å². The number of aromatic nitrogens is 1. The molecule has 7 nitrogen and oxygen atoms in total. The summed E-state index contributed by atoms with van der Waals surface area (Å²) in [6.45, 7) is 7.52. The molecule has 1 aromatic heterocycles. The Kier molecular flexibility index (Phi) is 8.86. The molecule has 0 spiro atoms. The van der Waals surface area contributed by atoms with Crippen molar-refractivity contribution < 1.29 is 19.0 Å². The minimum absolute atomic E-state index is 0.0311. The number of carbonyl (C=O) groups excluding carboxylic acids is 1. The van der Waals surface area contributed by atoms with Crippen molar-refractivity contribution in [3.05, 3.63) is 88.5 Å². The number of allylic oxidation sites excluding steroid dienone is 1. The van der Waals surface area contributed by atoms with Gasteiger partial charge in [-0.2, -0.15) is 0 Å². The van der Waals surface area contributed by atoms with Crippen LogP contribution in [0.3, 0.4) is 0 Å². The summed E-state index contributed by atoms with van der Waals surface area (Å²) in [7, 11) is 0. The van der Waals surface area contributed by atoms with Crippen molar-refractivity contribution in [2.75, 3.05) is 13.2 Å². The summed E-state index contributed by atoms with van der Waals surface area (Å²) in [4.78, 5) is 32.1. The second-order valence-electron chi connectivity index (χ2n) is 8.84. The topological polar surface area (TPSA) is 79.1 Å². The molecule has 0 unspecified atom stereocenters. The number of benzene rings is 2. The lowest BCUT2D eigenvalue weighted by Crippen LogP contribution is -2.40. The molecule has 2 heterocycles. The van der Waals surface area contributed by atoms with Crippen molar-refractivity contribution >= 4 is 46.6 Å². The molecule has 0 N–H and O–H groups in total. The van der Waals surface area contributed by atoms with Gasteiger partial charge in [-0.25, -0.2) is 9.79 Å². The Labute approximate surface area is 240 Å². The summed E-state index contributed by atoms with van der Waals surface area (Å²) in [5.74, 6) is 2.62. The smallest absolute Gasteiger partial charge is 0.338 e. The number of nitrogens with zero attached hydrogens (tertiary/aromatic N) is 2. The molecule has 0 amide bonds. The fourth-order valence-corrected chi connectivity index (χ4v) is 5.61. The highest BCUT2D eigenvalue weighted by atomic mass is 35.5. The molecular weight excluding hydrogens is 559 g/mol. The van der Waals surface area contributed by atoms with E-state index in [4.69, 9.17) is 43.8 Å². The number of rotatable bonds is 8. The van der Waals surface area contributed by atoms with Crippen molar-refractivity contribution in [3.63, 3.8) is 0 Å². The normalized spacial score (nSPS) is 15.0. The Hall–Kier alpha value is -3.51. The van der Waals surface area contributed by atoms with Gasteiger partial charge < -0.3 is 14.2 Å². The van der Waals surface area contributed by atoms with Gasteiger partial charge in [-0.1, -0.05) is 52.6 Å². The van der Waals surface area contributed by atoms with Crippen LogP contribution in [0.25, 0.3) is 6.08 Å². The van der Waals surface area contributed by atoms with Crippen LogP contribution in [0.15, 0.2) is 57.5 Å². The Morgan fingerprint density at radius 1 is 1.23 bits per heavy atom. The van der Waals surface area contributed by atoms with Gasteiger partial charge >= 0.3 is 5.97 Å². The minimum atomic E-state index is -0.742. The van der Waals surface area contributed by atoms with Crippen LogP contribution >= 0.6 is 34.5 Å². The fourth-order valence-electron chi connectivity index (χ4n) is 4.16. The number of thiazole rings is 1. The van der Waals surface area contributed by atoms with Gasteiger partial charge in [0, 0.05) is 5.02 Å². The average Bonchev–Trinajstić information content (AvgIpc) is 3.17. The first-order valence-corrected chi connectivity index (χ1v) is 13.7. The molecular formula is C29H26Cl2N2O5S. The highest BCUT2D eigenvalue weighted by Gasteiger charge is 2.33. The quantitative estimate of drug-likeness (QED) is 0.278. The first kappa shape index (κ1) is 28.5. The van der Waals surface area contributed by atoms with Gasteiger partial charge in [0.05, 0.1) is 39.6 Å². The fraction of sp³-hybridized carbons (Fsp3) is 0.276. The summed E-state index contributed by atoms with van der Waals surface area (Å²) >= 11 is 13.8. The number of halogens is 2. The molecule has 0 saturated carbocycles. The molecule has 202 valence electrons. The van der Waals surface area contributed by atoms with Crippen LogP contribution in [0.1, 0.15) is 44.9 Å². The van der Waals surface area contributed by atoms with Crippen LogP contribution in [0.2, 0.25) is 10.0 Å². The molecule has 0 saturated heterocycles. The molecule has 39 heavy (non-hydrogen) atoms. The predicted octanol–water partition coefficient (Wildman–Crippen LogP) is 4.90. The van der Waals surface area contributed by atoms with Crippen LogP contribution in [-0.2, 0) is 9.53 Å². The van der Waals surface area contributed by atoms with Gasteiger partial charge in [0.1, 0.15) is 6.61 Å². The molecule has 0 aliphatic carbocycles. The first-order valence-electron chi connectivity index (χ1n) is 12.2. The number of terminal acetylenes is 1. The van der Waals surface area contributed by atoms with Crippen molar-refractivity contribution in [3.8, 4) is 23.8 Å². The lowest BCUT2D eigenvalue weighted by Gasteiger charge is -2.25. The molecule has 1 aliphatic heterocycles. The maximum Gasteiger partial charge on any atom is 0.338 e. The van der Waals surface area contributed by atoms with E-state index in [0.717, 1.165) is 0 Å². The Morgan fingerprint density at radius 3 is 2.59 bits per heavy atom. The monoisotopic (exact) mass is 584 g/mol. The first-order chi connectivity index (χ1) is 18.6. The molecule has 0 fully saturated rings. The zero-order valence-corrected chi connectivity index (χ0v) is 24.1. The van der Waals surface area contributed by atoms with Gasteiger partial charge in [0.2, 0.25) is 0 Å². The van der Waals surface area contributed by atoms with E-state index in [1.165, 1.54) is 15.9 Å². The van der Waals surface area contributed by atoms with E-state index in [1.54, 1.807) is 63.2 Å². The molecule has 2 aromatic carbocycles. The largest absolute Gasteiger partial charge is 0.490 e. The zero-order chi connectivity index (χ0) is 28.3. The molecule has 4 rings (SSSR count). The minimum Gasteiger partial charge on any atom is -0.490 e. The van der Waals surface area contributed by atoms with E-state index < -0.39 is 12.0 Å². The van der Waals surface area contributed by atoms with Crippen LogP contribution in [-0.4, -0.2) is 29.9 Å². The van der Waals surface area contributed by atoms with E-state index in [9.17, 15) is 9.59 Å². The van der Waals surface area contributed by atoms with Crippen molar-refractivity contribution in [2.24, 2.45) is 4.99 Å². The third kappa shape index (κ3) is 6.06. The Morgan fingerprint density at radius 2 is 1.95 bits per heavy atom. The molecule has 0 radical (unpaired) electrons. The van der Waals surface area contributed by atoms with Crippen molar-refractivity contribution in [2.45, 2.75) is 39.8 Å². The summed E-state index contributed by atoms with van der Waals surface area (Å²) < 4.78 is 18.7. The molecule has 1 atom stereocenters. The Balaban J connectivity index is 1.90. The van der Waals surface area contributed by atoms with E-state index in [0.29, 0.717) is 59.9 Å². The summed E-state index contributed by atoms with van der Waals surface area (Å²) in [6.07, 6.45) is 6.68. The molecule has 3 aromatic rings. The lowest BCUT2D eigenvalue weighted by molar-refractivity contribution is -0.143. The predicted molar refractivity (Wildman–Crippen MR) is 153 cm³/mol.